The van der Waals surface area contributed by atoms with Crippen LogP contribution < -0.4 is 20.1 Å². The smallest absolute Gasteiger partial charge is 0.339 e. The summed E-state index contributed by atoms with van der Waals surface area (Å²) in [4.78, 5) is 35.0. The van der Waals surface area contributed by atoms with Crippen molar-refractivity contribution in [1.29, 1.82) is 0 Å². The molecule has 0 aliphatic carbocycles. The van der Waals surface area contributed by atoms with E-state index in [0.717, 1.165) is 11.6 Å². The number of fused-ring (bicyclic) bond motifs is 1. The number of nitro groups is 1. The number of amides is 1. The van der Waals surface area contributed by atoms with Gasteiger partial charge in [0.25, 0.3) is 11.6 Å². The minimum Gasteiger partial charge on any atom is -0.454 e. The molecule has 1 aliphatic rings. The Morgan fingerprint density at radius 1 is 1.21 bits per heavy atom. The number of hydrogen-bond donors (Lipinski definition) is 2. The molecule has 29 heavy (non-hydrogen) atoms. The van der Waals surface area contributed by atoms with Gasteiger partial charge < -0.3 is 24.8 Å². The molecule has 0 fully saturated rings. The number of esters is 1. The second kappa shape index (κ2) is 8.46. The number of nitro benzene ring substituents is 1. The van der Waals surface area contributed by atoms with E-state index in [1.165, 1.54) is 26.1 Å². The van der Waals surface area contributed by atoms with Crippen molar-refractivity contribution < 1.29 is 28.7 Å². The van der Waals surface area contributed by atoms with Crippen LogP contribution in [0.1, 0.15) is 22.8 Å². The Morgan fingerprint density at radius 2 is 1.97 bits per heavy atom. The fourth-order valence-corrected chi connectivity index (χ4v) is 2.69. The van der Waals surface area contributed by atoms with Crippen molar-refractivity contribution in [3.63, 3.8) is 0 Å². The number of ether oxygens (including phenoxy) is 3. The molecule has 1 aliphatic heterocycles. The van der Waals surface area contributed by atoms with E-state index >= 15 is 0 Å². The summed E-state index contributed by atoms with van der Waals surface area (Å²) in [5, 5.41) is 16.4. The Morgan fingerprint density at radius 3 is 2.69 bits per heavy atom. The summed E-state index contributed by atoms with van der Waals surface area (Å²) in [6.07, 6.45) is -1.08. The lowest BCUT2D eigenvalue weighted by molar-refractivity contribution is -0.384. The van der Waals surface area contributed by atoms with Gasteiger partial charge in [0.15, 0.2) is 17.6 Å². The summed E-state index contributed by atoms with van der Waals surface area (Å²) in [6.45, 7) is 1.79. The topological polar surface area (TPSA) is 129 Å². The van der Waals surface area contributed by atoms with Gasteiger partial charge in [0, 0.05) is 19.7 Å². The van der Waals surface area contributed by atoms with Crippen molar-refractivity contribution in [2.24, 2.45) is 0 Å². The summed E-state index contributed by atoms with van der Waals surface area (Å²) in [5.74, 6) is -0.0950. The molecule has 3 rings (SSSR count). The average Bonchev–Trinajstić information content (AvgIpc) is 3.19. The van der Waals surface area contributed by atoms with E-state index in [2.05, 4.69) is 10.6 Å². The van der Waals surface area contributed by atoms with Gasteiger partial charge in [0.1, 0.15) is 5.69 Å². The maximum Gasteiger partial charge on any atom is 0.339 e. The molecular weight excluding hydrogens is 382 g/mol. The fourth-order valence-electron chi connectivity index (χ4n) is 2.69. The summed E-state index contributed by atoms with van der Waals surface area (Å²) in [6, 6.07) is 9.17. The van der Waals surface area contributed by atoms with Gasteiger partial charge in [-0.3, -0.25) is 14.9 Å². The molecule has 1 atom stereocenters. The Kier molecular flexibility index (Phi) is 5.82. The van der Waals surface area contributed by atoms with Gasteiger partial charge in [-0.25, -0.2) is 4.79 Å². The van der Waals surface area contributed by atoms with Crippen LogP contribution >= 0.6 is 0 Å². The van der Waals surface area contributed by atoms with Crippen LogP contribution in [0.15, 0.2) is 36.4 Å². The van der Waals surface area contributed by atoms with E-state index in [1.54, 1.807) is 18.2 Å². The fraction of sp³-hybridized carbons (Fsp3) is 0.263. The minimum atomic E-state index is -1.08. The first kappa shape index (κ1) is 19.9. The van der Waals surface area contributed by atoms with Crippen LogP contribution in [-0.4, -0.2) is 36.7 Å². The lowest BCUT2D eigenvalue weighted by atomic mass is 10.1. The molecule has 10 heteroatoms. The first-order valence-electron chi connectivity index (χ1n) is 8.72. The van der Waals surface area contributed by atoms with Crippen molar-refractivity contribution in [1.82, 2.24) is 5.32 Å². The molecule has 10 nitrogen and oxygen atoms in total. The van der Waals surface area contributed by atoms with Crippen LogP contribution in [-0.2, 0) is 16.1 Å². The van der Waals surface area contributed by atoms with Gasteiger partial charge in [0.2, 0.25) is 6.79 Å². The Labute approximate surface area is 165 Å². The van der Waals surface area contributed by atoms with Crippen LogP contribution in [0.3, 0.4) is 0 Å². The summed E-state index contributed by atoms with van der Waals surface area (Å²) < 4.78 is 15.6. The number of anilines is 1. The van der Waals surface area contributed by atoms with Gasteiger partial charge in [0.05, 0.1) is 10.5 Å². The highest BCUT2D eigenvalue weighted by Crippen LogP contribution is 2.32. The van der Waals surface area contributed by atoms with Gasteiger partial charge in [-0.1, -0.05) is 6.07 Å². The maximum atomic E-state index is 12.3. The molecule has 152 valence electrons. The van der Waals surface area contributed by atoms with Crippen LogP contribution in [0.2, 0.25) is 0 Å². The van der Waals surface area contributed by atoms with Crippen LogP contribution in [0.25, 0.3) is 0 Å². The van der Waals surface area contributed by atoms with E-state index in [0.29, 0.717) is 11.5 Å². The Bertz CT molecular complexity index is 961. The molecule has 0 bridgehead atoms. The van der Waals surface area contributed by atoms with Crippen molar-refractivity contribution in [2.75, 3.05) is 19.2 Å². The van der Waals surface area contributed by atoms with Crippen molar-refractivity contribution in [3.05, 3.63) is 57.6 Å². The zero-order chi connectivity index (χ0) is 21.0. The van der Waals surface area contributed by atoms with E-state index in [9.17, 15) is 19.7 Å². The highest BCUT2D eigenvalue weighted by atomic mass is 16.7. The number of rotatable bonds is 7. The largest absolute Gasteiger partial charge is 0.454 e. The third-order valence-electron chi connectivity index (χ3n) is 4.26. The van der Waals surface area contributed by atoms with Crippen molar-refractivity contribution in [2.45, 2.75) is 19.6 Å². The first-order valence-corrected chi connectivity index (χ1v) is 8.72. The quantitative estimate of drug-likeness (QED) is 0.410. The normalized spacial score (nSPS) is 12.8. The molecule has 2 N–H and O–H groups in total. The Balaban J connectivity index is 1.58. The number of nitrogens with one attached hydrogen (secondary N) is 2. The summed E-state index contributed by atoms with van der Waals surface area (Å²) in [7, 11) is 1.53. The zero-order valence-corrected chi connectivity index (χ0v) is 15.8. The molecule has 2 aromatic rings. The third kappa shape index (κ3) is 4.54. The average molecular weight is 401 g/mol. The molecule has 0 aromatic heterocycles. The van der Waals surface area contributed by atoms with E-state index in [-0.39, 0.29) is 30.3 Å². The second-order valence-corrected chi connectivity index (χ2v) is 6.19. The van der Waals surface area contributed by atoms with Crippen LogP contribution in [0.4, 0.5) is 11.4 Å². The lowest BCUT2D eigenvalue weighted by Gasteiger charge is -2.14. The van der Waals surface area contributed by atoms with Gasteiger partial charge in [-0.2, -0.15) is 0 Å². The number of carbonyl (C=O) groups is 2. The van der Waals surface area contributed by atoms with Gasteiger partial charge in [-0.05, 0) is 36.8 Å². The minimum absolute atomic E-state index is 0.0221. The van der Waals surface area contributed by atoms with Gasteiger partial charge >= 0.3 is 5.97 Å². The zero-order valence-electron chi connectivity index (χ0n) is 15.8. The molecule has 0 spiro atoms. The van der Waals surface area contributed by atoms with E-state index in [4.69, 9.17) is 14.2 Å². The Hall–Kier alpha value is -3.82. The molecule has 1 amide bonds. The summed E-state index contributed by atoms with van der Waals surface area (Å²) in [5.41, 5.74) is 0.772. The highest BCUT2D eigenvalue weighted by Gasteiger charge is 2.22. The van der Waals surface area contributed by atoms with E-state index < -0.39 is 22.9 Å². The maximum absolute atomic E-state index is 12.3. The molecule has 0 saturated heterocycles. The number of nitrogens with zero attached hydrogens (tertiary/aromatic N) is 1. The first-order chi connectivity index (χ1) is 13.9. The van der Waals surface area contributed by atoms with Crippen molar-refractivity contribution in [3.8, 4) is 11.5 Å². The molecule has 0 saturated carbocycles. The molecule has 0 unspecified atom stereocenters. The molecule has 1 heterocycles. The third-order valence-corrected chi connectivity index (χ3v) is 4.26. The van der Waals surface area contributed by atoms with Crippen LogP contribution in [0.5, 0.6) is 11.5 Å². The number of benzene rings is 2. The molecule has 2 aromatic carbocycles. The number of carbonyl (C=O) groups excluding carboxylic acids is 2. The predicted octanol–water partition coefficient (Wildman–Crippen LogP) is 2.23. The van der Waals surface area contributed by atoms with Gasteiger partial charge in [-0.15, -0.1) is 0 Å². The van der Waals surface area contributed by atoms with Crippen LogP contribution in [0, 0.1) is 10.1 Å². The monoisotopic (exact) mass is 401 g/mol. The second-order valence-electron chi connectivity index (χ2n) is 6.19. The summed E-state index contributed by atoms with van der Waals surface area (Å²) >= 11 is 0. The van der Waals surface area contributed by atoms with Crippen molar-refractivity contribution >= 4 is 23.3 Å². The molecule has 0 radical (unpaired) electrons. The van der Waals surface area contributed by atoms with E-state index in [1.807, 2.05) is 0 Å². The highest BCUT2D eigenvalue weighted by molar-refractivity contribution is 5.93. The number of hydrogen-bond acceptors (Lipinski definition) is 8. The molecular formula is C19H19N3O7. The lowest BCUT2D eigenvalue weighted by Crippen LogP contribution is -2.35. The SMILES string of the molecule is CNc1ccc(C(=O)O[C@H](C)C(=O)NCc2ccc3c(c2)OCO3)cc1[N+](=O)[O-]. The predicted molar refractivity (Wildman–Crippen MR) is 102 cm³/mol. The standard InChI is InChI=1S/C19H19N3O7/c1-11(18(23)21-9-12-3-6-16-17(7-12)28-10-27-16)29-19(24)13-4-5-14(20-2)15(8-13)22(25)26/h3-8,11,20H,9-10H2,1-2H3,(H,21,23)/t11-/m1/s1.